The maximum absolute atomic E-state index is 4.94. The van der Waals surface area contributed by atoms with Crippen molar-refractivity contribution in [3.63, 3.8) is 0 Å². The van der Waals surface area contributed by atoms with Crippen molar-refractivity contribution in [1.29, 1.82) is 0 Å². The summed E-state index contributed by atoms with van der Waals surface area (Å²) >= 11 is 0. The molecule has 8 heteroatoms. The lowest BCUT2D eigenvalue weighted by molar-refractivity contribution is 0.370. The molecule has 2 aromatic rings. The Morgan fingerprint density at radius 3 is 2.04 bits per heavy atom. The average Bonchev–Trinajstić information content (AvgIpc) is 3.17. The Balaban J connectivity index is -0.000000404. The van der Waals surface area contributed by atoms with Gasteiger partial charge in [0.15, 0.2) is 5.82 Å². The van der Waals surface area contributed by atoms with Crippen molar-refractivity contribution in [3.8, 4) is 0 Å². The van der Waals surface area contributed by atoms with Crippen LogP contribution in [-0.2, 0) is 13.0 Å². The van der Waals surface area contributed by atoms with Crippen LogP contribution in [-0.4, -0.2) is 50.3 Å². The van der Waals surface area contributed by atoms with Crippen LogP contribution in [0.4, 0.5) is 0 Å². The van der Waals surface area contributed by atoms with Gasteiger partial charge in [-0.05, 0) is 20.8 Å². The maximum Gasteiger partial charge on any atom is 0.227 e. The predicted molar refractivity (Wildman–Crippen MR) is 114 cm³/mol. The molecule has 0 spiro atoms. The van der Waals surface area contributed by atoms with Crippen LogP contribution in [0.2, 0.25) is 0 Å². The van der Waals surface area contributed by atoms with E-state index in [9.17, 15) is 0 Å². The minimum absolute atomic E-state index is 0. The fourth-order valence-corrected chi connectivity index (χ4v) is 2.03. The zero-order chi connectivity index (χ0) is 20.8. The summed E-state index contributed by atoms with van der Waals surface area (Å²) < 4.78 is 6.88. The van der Waals surface area contributed by atoms with Gasteiger partial charge in [0, 0.05) is 34.4 Å². The molecule has 0 saturated heterocycles. The Bertz CT molecular complexity index is 615. The third-order valence-corrected chi connectivity index (χ3v) is 3.55. The summed E-state index contributed by atoms with van der Waals surface area (Å²) in [4.78, 5) is 4.09. The van der Waals surface area contributed by atoms with Gasteiger partial charge in [-0.3, -0.25) is 0 Å². The standard InChI is InChI=1S/C9H18N4.C8H15N3O.C2H6.2H2/c1-7(2)10-5-6-13-9(4)8(3)11-12-13;1-6(2)9-5-4-8-10-7(3)11-12-8;1-2;;/h7,10H,5-6H2,1-4H3;6,9H,4-5H2,1-3H3;1-2H3;2*1H. The van der Waals surface area contributed by atoms with Gasteiger partial charge in [0.2, 0.25) is 5.89 Å². The van der Waals surface area contributed by atoms with Crippen molar-refractivity contribution in [2.45, 2.75) is 87.4 Å². The van der Waals surface area contributed by atoms with Crippen LogP contribution in [0.25, 0.3) is 0 Å². The van der Waals surface area contributed by atoms with Gasteiger partial charge in [-0.15, -0.1) is 5.10 Å². The molecule has 0 saturated carbocycles. The van der Waals surface area contributed by atoms with Gasteiger partial charge in [-0.25, -0.2) is 4.68 Å². The molecule has 0 aliphatic rings. The molecule has 0 bridgehead atoms. The van der Waals surface area contributed by atoms with Crippen molar-refractivity contribution in [2.24, 2.45) is 0 Å². The highest BCUT2D eigenvalue weighted by Crippen LogP contribution is 2.00. The lowest BCUT2D eigenvalue weighted by Gasteiger charge is -2.08. The van der Waals surface area contributed by atoms with Crippen LogP contribution in [0.3, 0.4) is 0 Å². The van der Waals surface area contributed by atoms with Gasteiger partial charge >= 0.3 is 0 Å². The molecule has 0 radical (unpaired) electrons. The van der Waals surface area contributed by atoms with E-state index in [1.807, 2.05) is 39.3 Å². The summed E-state index contributed by atoms with van der Waals surface area (Å²) in [5.41, 5.74) is 2.18. The van der Waals surface area contributed by atoms with Gasteiger partial charge in [0.05, 0.1) is 17.9 Å². The average molecular weight is 386 g/mol. The molecule has 0 amide bonds. The van der Waals surface area contributed by atoms with Gasteiger partial charge in [-0.1, -0.05) is 51.9 Å². The molecule has 0 aliphatic carbocycles. The van der Waals surface area contributed by atoms with Crippen LogP contribution in [0.1, 0.15) is 67.5 Å². The van der Waals surface area contributed by atoms with Crippen molar-refractivity contribution in [1.82, 2.24) is 35.8 Å². The Morgan fingerprint density at radius 2 is 1.59 bits per heavy atom. The molecule has 8 nitrogen and oxygen atoms in total. The van der Waals surface area contributed by atoms with Crippen molar-refractivity contribution in [3.05, 3.63) is 23.1 Å². The number of nitrogens with zero attached hydrogens (tertiary/aromatic N) is 5. The van der Waals surface area contributed by atoms with Crippen molar-refractivity contribution >= 4 is 0 Å². The second-order valence-electron chi connectivity index (χ2n) is 6.69. The molecule has 2 N–H and O–H groups in total. The predicted octanol–water partition coefficient (Wildman–Crippen LogP) is 3.33. The number of nitrogens with one attached hydrogen (secondary N) is 2. The summed E-state index contributed by atoms with van der Waals surface area (Å²) in [6.45, 7) is 21.1. The summed E-state index contributed by atoms with van der Waals surface area (Å²) in [7, 11) is 0. The van der Waals surface area contributed by atoms with E-state index in [4.69, 9.17) is 4.52 Å². The van der Waals surface area contributed by atoms with E-state index in [0.717, 1.165) is 37.4 Å². The van der Waals surface area contributed by atoms with Gasteiger partial charge in [0.25, 0.3) is 0 Å². The number of aryl methyl sites for hydroxylation is 2. The number of aromatic nitrogens is 5. The zero-order valence-electron chi connectivity index (χ0n) is 18.6. The first kappa shape index (κ1) is 25.2. The summed E-state index contributed by atoms with van der Waals surface area (Å²) in [6, 6.07) is 1.04. The van der Waals surface area contributed by atoms with E-state index >= 15 is 0 Å². The van der Waals surface area contributed by atoms with Crippen molar-refractivity contribution < 1.29 is 7.38 Å². The molecule has 27 heavy (non-hydrogen) atoms. The van der Waals surface area contributed by atoms with Gasteiger partial charge in [-0.2, -0.15) is 4.98 Å². The molecule has 0 atom stereocenters. The van der Waals surface area contributed by atoms with Crippen LogP contribution >= 0.6 is 0 Å². The molecule has 0 aromatic carbocycles. The smallest absolute Gasteiger partial charge is 0.227 e. The molecular formula is C19H43N7O. The first-order valence-electron chi connectivity index (χ1n) is 9.92. The number of hydrogen-bond donors (Lipinski definition) is 2. The highest BCUT2D eigenvalue weighted by Gasteiger charge is 2.03. The normalized spacial score (nSPS) is 10.5. The molecule has 2 aromatic heterocycles. The summed E-state index contributed by atoms with van der Waals surface area (Å²) in [6.07, 6.45) is 0.805. The number of rotatable bonds is 8. The second-order valence-corrected chi connectivity index (χ2v) is 6.69. The number of hydrogen-bond acceptors (Lipinski definition) is 7. The Labute approximate surface area is 167 Å². The highest BCUT2D eigenvalue weighted by molar-refractivity contribution is 5.04. The Kier molecular flexibility index (Phi) is 13.3. The molecule has 160 valence electrons. The van der Waals surface area contributed by atoms with E-state index in [0.29, 0.717) is 23.8 Å². The van der Waals surface area contributed by atoms with Gasteiger partial charge in [0.1, 0.15) is 0 Å². The zero-order valence-corrected chi connectivity index (χ0v) is 18.6. The van der Waals surface area contributed by atoms with Crippen LogP contribution in [0.15, 0.2) is 4.52 Å². The van der Waals surface area contributed by atoms with E-state index < -0.39 is 0 Å². The van der Waals surface area contributed by atoms with Crippen LogP contribution in [0.5, 0.6) is 0 Å². The fraction of sp³-hybridized carbons (Fsp3) is 0.789. The molecule has 0 aliphatic heterocycles. The molecule has 2 rings (SSSR count). The Hall–Kier alpha value is -1.80. The first-order valence-corrected chi connectivity index (χ1v) is 9.92. The first-order chi connectivity index (χ1) is 12.8. The minimum Gasteiger partial charge on any atom is -0.339 e. The fourth-order valence-electron chi connectivity index (χ4n) is 2.03. The highest BCUT2D eigenvalue weighted by atomic mass is 16.5. The quantitative estimate of drug-likeness (QED) is 0.720. The Morgan fingerprint density at radius 1 is 1.00 bits per heavy atom. The van der Waals surface area contributed by atoms with E-state index in [1.54, 1.807) is 0 Å². The minimum atomic E-state index is 0. The second kappa shape index (κ2) is 14.3. The molecular weight excluding hydrogens is 342 g/mol. The lowest BCUT2D eigenvalue weighted by atomic mass is 10.3. The monoisotopic (exact) mass is 385 g/mol. The third-order valence-electron chi connectivity index (χ3n) is 3.55. The topological polar surface area (TPSA) is 93.7 Å². The SMILES string of the molecule is CC.Cc1nnn(CCNC(C)C)c1C.Cc1noc(CCNC(C)C)n1.[HH].[HH]. The molecule has 2 heterocycles. The van der Waals surface area contributed by atoms with E-state index in [-0.39, 0.29) is 2.85 Å². The van der Waals surface area contributed by atoms with E-state index in [1.165, 1.54) is 0 Å². The summed E-state index contributed by atoms with van der Waals surface area (Å²) in [5.74, 6) is 1.41. The van der Waals surface area contributed by atoms with Crippen LogP contribution in [0, 0.1) is 20.8 Å². The van der Waals surface area contributed by atoms with Crippen molar-refractivity contribution in [2.75, 3.05) is 13.1 Å². The largest absolute Gasteiger partial charge is 0.339 e. The maximum atomic E-state index is 4.94. The summed E-state index contributed by atoms with van der Waals surface area (Å²) in [5, 5.41) is 18.4. The molecule has 0 unspecified atom stereocenters. The lowest BCUT2D eigenvalue weighted by Crippen LogP contribution is -2.27. The van der Waals surface area contributed by atoms with Crippen LogP contribution < -0.4 is 10.6 Å². The molecule has 0 fully saturated rings. The third kappa shape index (κ3) is 11.5. The van der Waals surface area contributed by atoms with Gasteiger partial charge < -0.3 is 15.2 Å². The van der Waals surface area contributed by atoms with E-state index in [2.05, 4.69) is 58.8 Å².